The van der Waals surface area contributed by atoms with Crippen LogP contribution in [-0.4, -0.2) is 12.5 Å². The number of carbonyl (C=O) groups excluding carboxylic acids is 1. The number of unbranched alkanes of at least 4 members (excludes halogenated alkanes) is 1. The summed E-state index contributed by atoms with van der Waals surface area (Å²) < 4.78 is 10.8. The van der Waals surface area contributed by atoms with Crippen LogP contribution in [0.4, 0.5) is 0 Å². The fraction of sp³-hybridized carbons (Fsp3) is 0.353. The Bertz CT molecular complexity index is 607. The molecule has 1 aromatic heterocycles. The highest BCUT2D eigenvalue weighted by Gasteiger charge is 2.09. The third-order valence-corrected chi connectivity index (χ3v) is 3.24. The summed E-state index contributed by atoms with van der Waals surface area (Å²) in [6, 6.07) is 9.39. The molecule has 2 rings (SSSR count). The Hall–Kier alpha value is -2.27. The molecule has 0 saturated heterocycles. The molecule has 22 heavy (non-hydrogen) atoms. The first-order chi connectivity index (χ1) is 10.7. The van der Waals surface area contributed by atoms with E-state index in [1.807, 2.05) is 24.3 Å². The van der Waals surface area contributed by atoms with Gasteiger partial charge >= 0.3 is 0 Å². The molecule has 1 amide bonds. The van der Waals surface area contributed by atoms with Crippen molar-refractivity contribution in [2.45, 2.75) is 32.9 Å². The zero-order chi connectivity index (χ0) is 15.8. The molecule has 1 aromatic carbocycles. The van der Waals surface area contributed by atoms with Crippen LogP contribution in [-0.2, 0) is 13.1 Å². The smallest absolute Gasteiger partial charge is 0.254 e. The summed E-state index contributed by atoms with van der Waals surface area (Å²) in [4.78, 5) is 12.0. The molecule has 0 aliphatic carbocycles. The third kappa shape index (κ3) is 4.63. The van der Waals surface area contributed by atoms with E-state index in [2.05, 4.69) is 12.2 Å². The predicted octanol–water partition coefficient (Wildman–Crippen LogP) is 2.85. The number of hydrogen-bond acceptors (Lipinski definition) is 4. The SMILES string of the molecule is CCCCOc1cccc(CNC(=O)c2coc(CN)c2)c1. The quantitative estimate of drug-likeness (QED) is 0.735. The monoisotopic (exact) mass is 302 g/mol. The molecule has 0 aliphatic rings. The van der Waals surface area contributed by atoms with E-state index in [9.17, 15) is 4.79 Å². The van der Waals surface area contributed by atoms with Crippen molar-refractivity contribution in [1.82, 2.24) is 5.32 Å². The summed E-state index contributed by atoms with van der Waals surface area (Å²) >= 11 is 0. The van der Waals surface area contributed by atoms with E-state index in [-0.39, 0.29) is 12.5 Å². The lowest BCUT2D eigenvalue weighted by Gasteiger charge is -2.08. The maximum atomic E-state index is 12.0. The molecule has 5 heteroatoms. The number of furan rings is 1. The lowest BCUT2D eigenvalue weighted by Crippen LogP contribution is -2.22. The van der Waals surface area contributed by atoms with Crippen molar-refractivity contribution >= 4 is 5.91 Å². The number of ether oxygens (including phenoxy) is 1. The number of benzene rings is 1. The van der Waals surface area contributed by atoms with Crippen LogP contribution in [0.25, 0.3) is 0 Å². The maximum Gasteiger partial charge on any atom is 0.254 e. The van der Waals surface area contributed by atoms with E-state index >= 15 is 0 Å². The van der Waals surface area contributed by atoms with Gasteiger partial charge in [-0.25, -0.2) is 0 Å². The van der Waals surface area contributed by atoms with Crippen molar-refractivity contribution in [1.29, 1.82) is 0 Å². The van der Waals surface area contributed by atoms with Crippen LogP contribution in [0, 0.1) is 0 Å². The Balaban J connectivity index is 1.88. The van der Waals surface area contributed by atoms with Gasteiger partial charge < -0.3 is 20.2 Å². The molecule has 0 atom stereocenters. The lowest BCUT2D eigenvalue weighted by molar-refractivity contribution is 0.0950. The van der Waals surface area contributed by atoms with E-state index in [0.717, 1.165) is 24.2 Å². The van der Waals surface area contributed by atoms with Crippen molar-refractivity contribution in [3.05, 3.63) is 53.5 Å². The molecule has 2 aromatic rings. The minimum atomic E-state index is -0.180. The molecule has 3 N–H and O–H groups in total. The first kappa shape index (κ1) is 16.1. The number of nitrogens with two attached hydrogens (primary N) is 1. The summed E-state index contributed by atoms with van der Waals surface area (Å²) in [6.07, 6.45) is 3.55. The van der Waals surface area contributed by atoms with Crippen LogP contribution >= 0.6 is 0 Å². The van der Waals surface area contributed by atoms with Gasteiger partial charge in [0.1, 0.15) is 17.8 Å². The Morgan fingerprint density at radius 2 is 2.23 bits per heavy atom. The van der Waals surface area contributed by atoms with Gasteiger partial charge in [-0.2, -0.15) is 0 Å². The number of nitrogens with one attached hydrogen (secondary N) is 1. The van der Waals surface area contributed by atoms with E-state index in [1.54, 1.807) is 6.07 Å². The van der Waals surface area contributed by atoms with Crippen molar-refractivity contribution < 1.29 is 13.9 Å². The first-order valence-corrected chi connectivity index (χ1v) is 7.50. The van der Waals surface area contributed by atoms with E-state index < -0.39 is 0 Å². The van der Waals surface area contributed by atoms with Crippen molar-refractivity contribution in [3.8, 4) is 5.75 Å². The van der Waals surface area contributed by atoms with Gasteiger partial charge in [-0.05, 0) is 30.2 Å². The second-order valence-electron chi connectivity index (χ2n) is 5.04. The lowest BCUT2D eigenvalue weighted by atomic mass is 10.2. The molecule has 0 radical (unpaired) electrons. The maximum absolute atomic E-state index is 12.0. The fourth-order valence-electron chi connectivity index (χ4n) is 1.97. The van der Waals surface area contributed by atoms with Gasteiger partial charge in [0.05, 0.1) is 18.7 Å². The van der Waals surface area contributed by atoms with E-state index in [4.69, 9.17) is 14.9 Å². The molecule has 0 bridgehead atoms. The largest absolute Gasteiger partial charge is 0.494 e. The Labute approximate surface area is 130 Å². The number of carbonyl (C=O) groups is 1. The second-order valence-corrected chi connectivity index (χ2v) is 5.04. The Morgan fingerprint density at radius 3 is 2.95 bits per heavy atom. The van der Waals surface area contributed by atoms with E-state index in [1.165, 1.54) is 6.26 Å². The van der Waals surface area contributed by atoms with Gasteiger partial charge in [0.25, 0.3) is 5.91 Å². The summed E-state index contributed by atoms with van der Waals surface area (Å²) in [5.41, 5.74) is 6.93. The average Bonchev–Trinajstić information content (AvgIpc) is 3.02. The predicted molar refractivity (Wildman–Crippen MR) is 84.6 cm³/mol. The minimum absolute atomic E-state index is 0.180. The van der Waals surface area contributed by atoms with Crippen LogP contribution < -0.4 is 15.8 Å². The zero-order valence-electron chi connectivity index (χ0n) is 12.8. The second kappa shape index (κ2) is 8.24. The molecule has 0 aliphatic heterocycles. The van der Waals surface area contributed by atoms with Crippen LogP contribution in [0.1, 0.15) is 41.4 Å². The number of amides is 1. The molecule has 118 valence electrons. The topological polar surface area (TPSA) is 77.5 Å². The minimum Gasteiger partial charge on any atom is -0.494 e. The van der Waals surface area contributed by atoms with Crippen LogP contribution in [0.3, 0.4) is 0 Å². The fourth-order valence-corrected chi connectivity index (χ4v) is 1.97. The van der Waals surface area contributed by atoms with Gasteiger partial charge in [-0.3, -0.25) is 4.79 Å². The van der Waals surface area contributed by atoms with Crippen LogP contribution in [0.2, 0.25) is 0 Å². The van der Waals surface area contributed by atoms with Crippen molar-refractivity contribution in [2.75, 3.05) is 6.61 Å². The van der Waals surface area contributed by atoms with Gasteiger partial charge in [0, 0.05) is 6.54 Å². The highest BCUT2D eigenvalue weighted by molar-refractivity contribution is 5.93. The van der Waals surface area contributed by atoms with E-state index in [0.29, 0.717) is 24.5 Å². The van der Waals surface area contributed by atoms with Crippen molar-refractivity contribution in [2.24, 2.45) is 5.73 Å². The summed E-state index contributed by atoms with van der Waals surface area (Å²) in [5.74, 6) is 1.24. The number of hydrogen-bond donors (Lipinski definition) is 2. The molecule has 0 spiro atoms. The van der Waals surface area contributed by atoms with Crippen LogP contribution in [0.15, 0.2) is 41.0 Å². The first-order valence-electron chi connectivity index (χ1n) is 7.50. The molecule has 5 nitrogen and oxygen atoms in total. The Morgan fingerprint density at radius 1 is 1.36 bits per heavy atom. The highest BCUT2D eigenvalue weighted by atomic mass is 16.5. The zero-order valence-corrected chi connectivity index (χ0v) is 12.8. The molecule has 0 saturated carbocycles. The van der Waals surface area contributed by atoms with Gasteiger partial charge in [0.2, 0.25) is 0 Å². The molecule has 0 unspecified atom stereocenters. The summed E-state index contributed by atoms with van der Waals surface area (Å²) in [5, 5.41) is 2.85. The third-order valence-electron chi connectivity index (χ3n) is 3.24. The molecular weight excluding hydrogens is 280 g/mol. The standard InChI is InChI=1S/C17H22N2O3/c1-2-3-7-21-15-6-4-5-13(8-15)11-19-17(20)14-9-16(10-18)22-12-14/h4-6,8-9,12H,2-3,7,10-11,18H2,1H3,(H,19,20). The molecular formula is C17H22N2O3. The van der Waals surface area contributed by atoms with Gasteiger partial charge in [0.15, 0.2) is 0 Å². The van der Waals surface area contributed by atoms with Crippen molar-refractivity contribution in [3.63, 3.8) is 0 Å². The highest BCUT2D eigenvalue weighted by Crippen LogP contribution is 2.14. The molecule has 0 fully saturated rings. The summed E-state index contributed by atoms with van der Waals surface area (Å²) in [7, 11) is 0. The Kier molecular flexibility index (Phi) is 6.03. The van der Waals surface area contributed by atoms with Crippen LogP contribution in [0.5, 0.6) is 5.75 Å². The molecule has 1 heterocycles. The van der Waals surface area contributed by atoms with Gasteiger partial charge in [-0.15, -0.1) is 0 Å². The number of rotatable bonds is 8. The summed E-state index contributed by atoms with van der Waals surface area (Å²) in [6.45, 7) is 3.56. The average molecular weight is 302 g/mol. The van der Waals surface area contributed by atoms with Gasteiger partial charge in [-0.1, -0.05) is 25.5 Å². The normalized spacial score (nSPS) is 10.5.